The third-order valence-electron chi connectivity index (χ3n) is 10.8. The number of carbonyl (C=O) groups excluding carboxylic acids is 1. The highest BCUT2D eigenvalue weighted by atomic mass is 16.2. The van der Waals surface area contributed by atoms with Crippen LogP contribution in [0.3, 0.4) is 0 Å². The van der Waals surface area contributed by atoms with Crippen molar-refractivity contribution in [3.8, 4) is 0 Å². The molecule has 0 bridgehead atoms. The zero-order valence-electron chi connectivity index (χ0n) is 23.1. The van der Waals surface area contributed by atoms with E-state index >= 15 is 0 Å². The topological polar surface area (TPSA) is 20.3 Å². The maximum Gasteiger partial charge on any atom is 0.229 e. The first-order valence-electron chi connectivity index (χ1n) is 14.7. The van der Waals surface area contributed by atoms with Gasteiger partial charge in [-0.25, -0.2) is 0 Å². The number of benzene rings is 2. The van der Waals surface area contributed by atoms with Gasteiger partial charge in [0, 0.05) is 18.5 Å². The third-order valence-corrected chi connectivity index (χ3v) is 10.8. The van der Waals surface area contributed by atoms with Crippen molar-refractivity contribution in [3.63, 3.8) is 0 Å². The van der Waals surface area contributed by atoms with E-state index in [-0.39, 0.29) is 5.41 Å². The molecule has 3 aliphatic carbocycles. The lowest BCUT2D eigenvalue weighted by Crippen LogP contribution is -2.58. The first-order valence-corrected chi connectivity index (χ1v) is 14.7. The molecule has 2 aromatic rings. The van der Waals surface area contributed by atoms with Crippen molar-refractivity contribution >= 4 is 5.91 Å². The fraction of sp³-hybridized carbons (Fsp3) is 0.618. The van der Waals surface area contributed by atoms with Gasteiger partial charge in [0.2, 0.25) is 5.91 Å². The molecule has 2 unspecified atom stereocenters. The summed E-state index contributed by atoms with van der Waals surface area (Å²) in [6.45, 7) is 11.2. The first-order chi connectivity index (χ1) is 17.3. The smallest absolute Gasteiger partial charge is 0.229 e. The molecule has 194 valence electrons. The Balaban J connectivity index is 1.42. The zero-order valence-corrected chi connectivity index (χ0v) is 23.1. The summed E-state index contributed by atoms with van der Waals surface area (Å²) in [6.07, 6.45) is 10.3. The average Bonchev–Trinajstić information content (AvgIpc) is 2.88. The molecule has 0 heterocycles. The lowest BCUT2D eigenvalue weighted by atomic mass is 9.43. The Bertz CT molecular complexity index is 974. The maximum atomic E-state index is 14.7. The number of carbonyl (C=O) groups is 1. The molecule has 0 N–H and O–H groups in total. The second kappa shape index (κ2) is 10.3. The lowest BCUT2D eigenvalue weighted by molar-refractivity contribution is -0.168. The van der Waals surface area contributed by atoms with E-state index in [1.807, 2.05) is 0 Å². The number of nitrogens with zero attached hydrogens (tertiary/aromatic N) is 1. The molecule has 3 aliphatic rings. The van der Waals surface area contributed by atoms with E-state index in [0.29, 0.717) is 30.3 Å². The van der Waals surface area contributed by atoms with Crippen molar-refractivity contribution in [3.05, 3.63) is 71.8 Å². The van der Waals surface area contributed by atoms with Crippen molar-refractivity contribution < 1.29 is 4.79 Å². The number of amides is 1. The summed E-state index contributed by atoms with van der Waals surface area (Å²) in [5.41, 5.74) is 2.48. The molecule has 0 saturated heterocycles. The molecule has 36 heavy (non-hydrogen) atoms. The summed E-state index contributed by atoms with van der Waals surface area (Å²) in [6, 6.07) is 21.1. The maximum absolute atomic E-state index is 14.7. The van der Waals surface area contributed by atoms with Gasteiger partial charge in [-0.3, -0.25) is 4.79 Å². The highest BCUT2D eigenvalue weighted by Gasteiger charge is 2.59. The minimum atomic E-state index is -0.267. The van der Waals surface area contributed by atoms with E-state index in [4.69, 9.17) is 0 Å². The van der Waals surface area contributed by atoms with E-state index in [9.17, 15) is 4.79 Å². The number of fused-ring (bicyclic) bond motifs is 3. The van der Waals surface area contributed by atoms with E-state index in [2.05, 4.69) is 93.3 Å². The van der Waals surface area contributed by atoms with Gasteiger partial charge in [0.25, 0.3) is 0 Å². The van der Waals surface area contributed by atoms with Gasteiger partial charge in [-0.1, -0.05) is 94.8 Å². The van der Waals surface area contributed by atoms with Gasteiger partial charge < -0.3 is 4.90 Å². The summed E-state index contributed by atoms with van der Waals surface area (Å²) in [5, 5.41) is 0. The van der Waals surface area contributed by atoms with Gasteiger partial charge in [-0.05, 0) is 91.1 Å². The zero-order chi connectivity index (χ0) is 25.3. The van der Waals surface area contributed by atoms with Crippen LogP contribution >= 0.6 is 0 Å². The van der Waals surface area contributed by atoms with Gasteiger partial charge in [0.05, 0.1) is 0 Å². The molecule has 2 heteroatoms. The summed E-state index contributed by atoms with van der Waals surface area (Å²) < 4.78 is 0. The molecular formula is C34H47NO. The van der Waals surface area contributed by atoms with Gasteiger partial charge in [-0.15, -0.1) is 0 Å². The summed E-state index contributed by atoms with van der Waals surface area (Å²) in [7, 11) is 0. The molecule has 6 atom stereocenters. The SMILES string of the molecule is CC(C)C1CC[C@H]2C(CC[C@@H]3[C@]2(C)CCC[C@@]3(C)C(=O)N(Cc2ccccc2)Cc2ccccc2)C1. The number of rotatable bonds is 6. The van der Waals surface area contributed by atoms with Crippen LogP contribution in [0.2, 0.25) is 0 Å². The van der Waals surface area contributed by atoms with Crippen LogP contribution in [0, 0.1) is 40.4 Å². The standard InChI is InChI=1S/C34H47NO/c1-25(2)28-16-18-30-29(22-28)17-19-31-33(30,3)20-11-21-34(31,4)32(36)35(23-26-12-7-5-8-13-26)24-27-14-9-6-10-15-27/h5-10,12-15,25,28-31H,11,16-24H2,1-4H3/t28?,29?,30-,31+,33+,34+/m0/s1. The predicted molar refractivity (Wildman–Crippen MR) is 149 cm³/mol. The molecule has 0 aromatic heterocycles. The van der Waals surface area contributed by atoms with Gasteiger partial charge in [-0.2, -0.15) is 0 Å². The Hall–Kier alpha value is -2.09. The first kappa shape index (κ1) is 25.6. The van der Waals surface area contributed by atoms with E-state index in [1.54, 1.807) is 0 Å². The van der Waals surface area contributed by atoms with Gasteiger partial charge in [0.1, 0.15) is 0 Å². The third kappa shape index (κ3) is 4.77. The predicted octanol–water partition coefficient (Wildman–Crippen LogP) is 8.51. The average molecular weight is 486 g/mol. The summed E-state index contributed by atoms with van der Waals surface area (Å²) in [5.74, 6) is 4.26. The van der Waals surface area contributed by atoms with Gasteiger partial charge >= 0.3 is 0 Å². The molecule has 1 amide bonds. The molecule has 3 fully saturated rings. The van der Waals surface area contributed by atoms with Crippen LogP contribution < -0.4 is 0 Å². The number of hydrogen-bond acceptors (Lipinski definition) is 1. The largest absolute Gasteiger partial charge is 0.334 e. The summed E-state index contributed by atoms with van der Waals surface area (Å²) >= 11 is 0. The highest BCUT2D eigenvalue weighted by Crippen LogP contribution is 2.64. The van der Waals surface area contributed by atoms with Crippen molar-refractivity contribution in [2.24, 2.45) is 40.4 Å². The molecule has 0 spiro atoms. The van der Waals surface area contributed by atoms with Crippen LogP contribution in [0.5, 0.6) is 0 Å². The normalized spacial score (nSPS) is 34.0. The number of hydrogen-bond donors (Lipinski definition) is 0. The van der Waals surface area contributed by atoms with Crippen molar-refractivity contribution in [1.29, 1.82) is 0 Å². The quantitative estimate of drug-likeness (QED) is 0.401. The molecule has 3 saturated carbocycles. The van der Waals surface area contributed by atoms with Crippen molar-refractivity contribution in [2.75, 3.05) is 0 Å². The fourth-order valence-corrected chi connectivity index (χ4v) is 8.90. The second-order valence-corrected chi connectivity index (χ2v) is 13.2. The summed E-state index contributed by atoms with van der Waals surface area (Å²) in [4.78, 5) is 16.8. The molecule has 0 radical (unpaired) electrons. The Morgan fingerprint density at radius 2 is 1.47 bits per heavy atom. The van der Waals surface area contributed by atoms with Crippen molar-refractivity contribution in [1.82, 2.24) is 4.90 Å². The molecule has 2 aromatic carbocycles. The van der Waals surface area contributed by atoms with Crippen LogP contribution in [-0.2, 0) is 17.9 Å². The lowest BCUT2D eigenvalue weighted by Gasteiger charge is -2.61. The molecule has 5 rings (SSSR count). The minimum absolute atomic E-state index is 0.267. The van der Waals surface area contributed by atoms with Crippen LogP contribution in [0.1, 0.15) is 90.2 Å². The van der Waals surface area contributed by atoms with E-state index < -0.39 is 0 Å². The Morgan fingerprint density at radius 3 is 2.06 bits per heavy atom. The van der Waals surface area contributed by atoms with Crippen LogP contribution in [0.15, 0.2) is 60.7 Å². The Kier molecular flexibility index (Phi) is 7.34. The minimum Gasteiger partial charge on any atom is -0.334 e. The highest BCUT2D eigenvalue weighted by molar-refractivity contribution is 5.83. The van der Waals surface area contributed by atoms with Crippen LogP contribution in [0.25, 0.3) is 0 Å². The molecule has 2 nitrogen and oxygen atoms in total. The fourth-order valence-electron chi connectivity index (χ4n) is 8.90. The molecule has 0 aliphatic heterocycles. The second-order valence-electron chi connectivity index (χ2n) is 13.2. The monoisotopic (exact) mass is 485 g/mol. The molecular weight excluding hydrogens is 438 g/mol. The van der Waals surface area contributed by atoms with E-state index in [0.717, 1.165) is 30.1 Å². The van der Waals surface area contributed by atoms with Crippen LogP contribution in [0.4, 0.5) is 0 Å². The Labute approximate surface area is 219 Å². The van der Waals surface area contributed by atoms with Crippen molar-refractivity contribution in [2.45, 2.75) is 92.2 Å². The van der Waals surface area contributed by atoms with Crippen LogP contribution in [-0.4, -0.2) is 10.8 Å². The Morgan fingerprint density at radius 1 is 0.861 bits per heavy atom. The van der Waals surface area contributed by atoms with Gasteiger partial charge in [0.15, 0.2) is 0 Å². The van der Waals surface area contributed by atoms with E-state index in [1.165, 1.54) is 56.1 Å².